The van der Waals surface area contributed by atoms with Crippen LogP contribution in [0.15, 0.2) is 24.3 Å². The van der Waals surface area contributed by atoms with Crippen molar-refractivity contribution in [3.05, 3.63) is 35.6 Å². The summed E-state index contributed by atoms with van der Waals surface area (Å²) in [6.45, 7) is 6.71. The molecule has 0 fully saturated rings. The highest BCUT2D eigenvalue weighted by Gasteiger charge is 2.16. The largest absolute Gasteiger partial charge is 0.329 e. The van der Waals surface area contributed by atoms with E-state index in [1.54, 1.807) is 12.1 Å². The van der Waals surface area contributed by atoms with Crippen molar-refractivity contribution in [3.8, 4) is 0 Å². The van der Waals surface area contributed by atoms with Crippen molar-refractivity contribution in [2.45, 2.75) is 26.3 Å². The first-order valence-electron chi connectivity index (χ1n) is 5.92. The molecule has 90 valence electrons. The fourth-order valence-corrected chi connectivity index (χ4v) is 2.03. The highest BCUT2D eigenvalue weighted by molar-refractivity contribution is 5.20. The Morgan fingerprint density at radius 1 is 1.38 bits per heavy atom. The third kappa shape index (κ3) is 3.29. The van der Waals surface area contributed by atoms with Crippen molar-refractivity contribution < 1.29 is 4.39 Å². The van der Waals surface area contributed by atoms with E-state index in [0.29, 0.717) is 6.54 Å². The fourth-order valence-electron chi connectivity index (χ4n) is 2.03. The summed E-state index contributed by atoms with van der Waals surface area (Å²) >= 11 is 0. The molecule has 0 aliphatic carbocycles. The van der Waals surface area contributed by atoms with Gasteiger partial charge in [0.2, 0.25) is 0 Å². The number of nitrogens with zero attached hydrogens (tertiary/aromatic N) is 1. The lowest BCUT2D eigenvalue weighted by molar-refractivity contribution is 0.212. The van der Waals surface area contributed by atoms with Gasteiger partial charge in [-0.2, -0.15) is 0 Å². The summed E-state index contributed by atoms with van der Waals surface area (Å²) in [7, 11) is 0. The maximum absolute atomic E-state index is 13.2. The molecule has 1 atom stereocenters. The molecule has 0 bridgehead atoms. The van der Waals surface area contributed by atoms with E-state index in [1.807, 2.05) is 6.07 Å². The molecule has 0 radical (unpaired) electrons. The SMILES string of the molecule is CCCN(CC)C(CN)c1cccc(F)c1. The molecule has 1 unspecified atom stereocenters. The van der Waals surface area contributed by atoms with Gasteiger partial charge >= 0.3 is 0 Å². The Morgan fingerprint density at radius 2 is 2.12 bits per heavy atom. The van der Waals surface area contributed by atoms with E-state index in [2.05, 4.69) is 18.7 Å². The molecule has 2 N–H and O–H groups in total. The van der Waals surface area contributed by atoms with Crippen molar-refractivity contribution in [3.63, 3.8) is 0 Å². The second-order valence-corrected chi connectivity index (χ2v) is 3.94. The lowest BCUT2D eigenvalue weighted by atomic mass is 10.0. The molecule has 3 heteroatoms. The molecule has 0 saturated carbocycles. The van der Waals surface area contributed by atoms with Gasteiger partial charge in [-0.25, -0.2) is 4.39 Å². The number of nitrogens with two attached hydrogens (primary N) is 1. The molecular formula is C13H21FN2. The van der Waals surface area contributed by atoms with Crippen LogP contribution in [0.5, 0.6) is 0 Å². The molecule has 0 saturated heterocycles. The van der Waals surface area contributed by atoms with E-state index in [1.165, 1.54) is 6.07 Å². The van der Waals surface area contributed by atoms with Gasteiger partial charge in [0, 0.05) is 12.6 Å². The minimum Gasteiger partial charge on any atom is -0.329 e. The summed E-state index contributed by atoms with van der Waals surface area (Å²) in [5.41, 5.74) is 6.77. The average molecular weight is 224 g/mol. The number of hydrogen-bond acceptors (Lipinski definition) is 2. The topological polar surface area (TPSA) is 29.3 Å². The van der Waals surface area contributed by atoms with Crippen molar-refractivity contribution >= 4 is 0 Å². The Bertz CT molecular complexity index is 315. The molecule has 0 heterocycles. The predicted octanol–water partition coefficient (Wildman–Crippen LogP) is 2.56. The molecule has 0 aromatic heterocycles. The molecule has 0 aliphatic heterocycles. The second-order valence-electron chi connectivity index (χ2n) is 3.94. The number of rotatable bonds is 6. The number of halogens is 1. The first-order chi connectivity index (χ1) is 7.72. The van der Waals surface area contributed by atoms with Crippen LogP contribution < -0.4 is 5.73 Å². The van der Waals surface area contributed by atoms with Crippen molar-refractivity contribution in [2.24, 2.45) is 5.73 Å². The number of hydrogen-bond donors (Lipinski definition) is 1. The van der Waals surface area contributed by atoms with Crippen LogP contribution >= 0.6 is 0 Å². The summed E-state index contributed by atoms with van der Waals surface area (Å²) in [6.07, 6.45) is 1.08. The van der Waals surface area contributed by atoms with Crippen molar-refractivity contribution in [2.75, 3.05) is 19.6 Å². The van der Waals surface area contributed by atoms with E-state index in [-0.39, 0.29) is 11.9 Å². The molecule has 0 aliphatic rings. The Kier molecular flexibility index (Phi) is 5.43. The molecule has 0 spiro atoms. The third-order valence-electron chi connectivity index (χ3n) is 2.81. The summed E-state index contributed by atoms with van der Waals surface area (Å²) in [6, 6.07) is 6.86. The van der Waals surface area contributed by atoms with Crippen LogP contribution in [0, 0.1) is 5.82 Å². The molecule has 0 amide bonds. The van der Waals surface area contributed by atoms with Gasteiger partial charge in [-0.05, 0) is 37.2 Å². The van der Waals surface area contributed by atoms with E-state index in [9.17, 15) is 4.39 Å². The summed E-state index contributed by atoms with van der Waals surface area (Å²) in [4.78, 5) is 2.29. The highest BCUT2D eigenvalue weighted by Crippen LogP contribution is 2.20. The van der Waals surface area contributed by atoms with Gasteiger partial charge in [0.25, 0.3) is 0 Å². The molecule has 1 aromatic carbocycles. The predicted molar refractivity (Wildman–Crippen MR) is 65.7 cm³/mol. The van der Waals surface area contributed by atoms with Gasteiger partial charge in [0.05, 0.1) is 0 Å². The van der Waals surface area contributed by atoms with Crippen LogP contribution in [0.3, 0.4) is 0 Å². The Labute approximate surface area is 97.3 Å². The zero-order valence-electron chi connectivity index (χ0n) is 10.1. The first-order valence-corrected chi connectivity index (χ1v) is 5.92. The normalized spacial score (nSPS) is 13.1. The Hall–Kier alpha value is -0.930. The standard InChI is InChI=1S/C13H21FN2/c1-3-8-16(4-2)13(10-15)11-6-5-7-12(14)9-11/h5-7,9,13H,3-4,8,10,15H2,1-2H3. The summed E-state index contributed by atoms with van der Waals surface area (Å²) < 4.78 is 13.2. The molecule has 16 heavy (non-hydrogen) atoms. The Balaban J connectivity index is 2.87. The summed E-state index contributed by atoms with van der Waals surface area (Å²) in [5.74, 6) is -0.191. The zero-order chi connectivity index (χ0) is 12.0. The second kappa shape index (κ2) is 6.61. The van der Waals surface area contributed by atoms with E-state index >= 15 is 0 Å². The van der Waals surface area contributed by atoms with Crippen LogP contribution in [0.25, 0.3) is 0 Å². The van der Waals surface area contributed by atoms with Crippen molar-refractivity contribution in [1.82, 2.24) is 4.90 Å². The van der Waals surface area contributed by atoms with Gasteiger partial charge in [-0.1, -0.05) is 26.0 Å². The third-order valence-corrected chi connectivity index (χ3v) is 2.81. The minimum atomic E-state index is -0.191. The average Bonchev–Trinajstić information content (AvgIpc) is 2.29. The first kappa shape index (κ1) is 13.1. The van der Waals surface area contributed by atoms with E-state index in [4.69, 9.17) is 5.73 Å². The lowest BCUT2D eigenvalue weighted by Gasteiger charge is -2.29. The van der Waals surface area contributed by atoms with Gasteiger partial charge < -0.3 is 5.73 Å². The monoisotopic (exact) mass is 224 g/mol. The Morgan fingerprint density at radius 3 is 2.62 bits per heavy atom. The van der Waals surface area contributed by atoms with E-state index < -0.39 is 0 Å². The van der Waals surface area contributed by atoms with Gasteiger partial charge in [0.15, 0.2) is 0 Å². The molecule has 2 nitrogen and oxygen atoms in total. The minimum absolute atomic E-state index is 0.126. The highest BCUT2D eigenvalue weighted by atomic mass is 19.1. The number of likely N-dealkylation sites (N-methyl/N-ethyl adjacent to an activating group) is 1. The van der Waals surface area contributed by atoms with Crippen LogP contribution in [-0.2, 0) is 0 Å². The van der Waals surface area contributed by atoms with Crippen LogP contribution in [0.2, 0.25) is 0 Å². The van der Waals surface area contributed by atoms with Gasteiger partial charge in [0.1, 0.15) is 5.82 Å². The summed E-state index contributed by atoms with van der Waals surface area (Å²) in [5, 5.41) is 0. The molecular weight excluding hydrogens is 203 g/mol. The maximum atomic E-state index is 13.2. The maximum Gasteiger partial charge on any atom is 0.123 e. The number of benzene rings is 1. The molecule has 1 aromatic rings. The fraction of sp³-hybridized carbons (Fsp3) is 0.538. The van der Waals surface area contributed by atoms with Crippen LogP contribution in [0.4, 0.5) is 4.39 Å². The molecule has 1 rings (SSSR count). The zero-order valence-corrected chi connectivity index (χ0v) is 10.1. The van der Waals surface area contributed by atoms with Crippen LogP contribution in [-0.4, -0.2) is 24.5 Å². The van der Waals surface area contributed by atoms with E-state index in [0.717, 1.165) is 25.1 Å². The van der Waals surface area contributed by atoms with Gasteiger partial charge in [-0.3, -0.25) is 4.90 Å². The van der Waals surface area contributed by atoms with Crippen molar-refractivity contribution in [1.29, 1.82) is 0 Å². The van der Waals surface area contributed by atoms with Crippen LogP contribution in [0.1, 0.15) is 31.9 Å². The quantitative estimate of drug-likeness (QED) is 0.804. The smallest absolute Gasteiger partial charge is 0.123 e. The lowest BCUT2D eigenvalue weighted by Crippen LogP contribution is -2.34. The van der Waals surface area contributed by atoms with Gasteiger partial charge in [-0.15, -0.1) is 0 Å².